The minimum Gasteiger partial charge on any atom is -0.296 e. The number of carbonyl (C=O) groups excluding carboxylic acids is 1. The number of rotatable bonds is 5. The number of benzene rings is 1. The maximum Gasteiger partial charge on any atom is 0.172 e. The summed E-state index contributed by atoms with van der Waals surface area (Å²) in [6, 6.07) is 8.32. The number of aryl methyl sites for hydroxylation is 1. The Labute approximate surface area is 113 Å². The minimum absolute atomic E-state index is 0.459. The Morgan fingerprint density at radius 2 is 1.95 bits per heavy atom. The van der Waals surface area contributed by atoms with Crippen LogP contribution in [0.2, 0.25) is 0 Å². The van der Waals surface area contributed by atoms with E-state index in [2.05, 4.69) is 55.3 Å². The van der Waals surface area contributed by atoms with Gasteiger partial charge in [0.1, 0.15) is 5.69 Å². The van der Waals surface area contributed by atoms with Crippen LogP contribution in [0, 0.1) is 12.8 Å². The molecule has 0 aliphatic carbocycles. The topological polar surface area (TPSA) is 47.8 Å². The van der Waals surface area contributed by atoms with Gasteiger partial charge in [-0.2, -0.15) is 0 Å². The Bertz CT molecular complexity index is 555. The first-order valence-corrected chi connectivity index (χ1v) is 6.53. The lowest BCUT2D eigenvalue weighted by Gasteiger charge is -2.09. The smallest absolute Gasteiger partial charge is 0.172 e. The summed E-state index contributed by atoms with van der Waals surface area (Å²) in [4.78, 5) is 11.0. The Balaban J connectivity index is 2.26. The predicted octanol–water partition coefficient (Wildman–Crippen LogP) is 2.65. The van der Waals surface area contributed by atoms with Crippen LogP contribution < -0.4 is 0 Å². The van der Waals surface area contributed by atoms with Crippen LogP contribution in [0.4, 0.5) is 0 Å². The van der Waals surface area contributed by atoms with Crippen LogP contribution in [0.3, 0.4) is 0 Å². The second kappa shape index (κ2) is 5.78. The van der Waals surface area contributed by atoms with E-state index in [1.54, 1.807) is 0 Å². The Hall–Kier alpha value is -1.97. The predicted molar refractivity (Wildman–Crippen MR) is 74.2 cm³/mol. The molecule has 0 radical (unpaired) electrons. The van der Waals surface area contributed by atoms with Gasteiger partial charge >= 0.3 is 0 Å². The van der Waals surface area contributed by atoms with Gasteiger partial charge in [-0.15, -0.1) is 5.10 Å². The zero-order chi connectivity index (χ0) is 13.8. The molecular weight excluding hydrogens is 238 g/mol. The number of carbonyl (C=O) groups is 1. The van der Waals surface area contributed by atoms with Crippen LogP contribution in [0.15, 0.2) is 24.3 Å². The lowest BCUT2D eigenvalue weighted by Crippen LogP contribution is -2.10. The van der Waals surface area contributed by atoms with Gasteiger partial charge in [-0.3, -0.25) is 4.79 Å². The third-order valence-electron chi connectivity index (χ3n) is 3.03. The van der Waals surface area contributed by atoms with Crippen molar-refractivity contribution in [1.29, 1.82) is 0 Å². The van der Waals surface area contributed by atoms with Crippen molar-refractivity contribution in [3.8, 4) is 0 Å². The van der Waals surface area contributed by atoms with Gasteiger partial charge in [0, 0.05) is 0 Å². The fourth-order valence-corrected chi connectivity index (χ4v) is 2.03. The van der Waals surface area contributed by atoms with Gasteiger partial charge in [0.25, 0.3) is 0 Å². The van der Waals surface area contributed by atoms with Gasteiger partial charge in [-0.05, 0) is 24.8 Å². The first kappa shape index (κ1) is 13.5. The first-order chi connectivity index (χ1) is 9.10. The van der Waals surface area contributed by atoms with Crippen LogP contribution in [-0.2, 0) is 13.0 Å². The molecule has 4 heteroatoms. The number of aromatic nitrogens is 3. The van der Waals surface area contributed by atoms with E-state index in [-0.39, 0.29) is 0 Å². The molecule has 0 aliphatic rings. The molecule has 0 unspecified atom stereocenters. The maximum absolute atomic E-state index is 11.0. The van der Waals surface area contributed by atoms with Gasteiger partial charge in [-0.25, -0.2) is 4.68 Å². The molecule has 0 fully saturated rings. The molecule has 0 aliphatic heterocycles. The summed E-state index contributed by atoms with van der Waals surface area (Å²) >= 11 is 0. The molecule has 2 rings (SSSR count). The van der Waals surface area contributed by atoms with Gasteiger partial charge in [0.15, 0.2) is 6.29 Å². The molecular formula is C15H19N3O. The van der Waals surface area contributed by atoms with E-state index in [0.29, 0.717) is 18.2 Å². The fraction of sp³-hybridized carbons (Fsp3) is 0.400. The molecule has 4 nitrogen and oxygen atoms in total. The van der Waals surface area contributed by atoms with Crippen molar-refractivity contribution in [2.45, 2.75) is 33.7 Å². The third kappa shape index (κ3) is 3.28. The van der Waals surface area contributed by atoms with Crippen LogP contribution in [-0.4, -0.2) is 21.3 Å². The summed E-state index contributed by atoms with van der Waals surface area (Å²) in [5.41, 5.74) is 3.78. The second-order valence-corrected chi connectivity index (χ2v) is 5.28. The molecule has 0 atom stereocenters. The largest absolute Gasteiger partial charge is 0.296 e. The Morgan fingerprint density at radius 3 is 2.53 bits per heavy atom. The second-order valence-electron chi connectivity index (χ2n) is 5.28. The highest BCUT2D eigenvalue weighted by Crippen LogP contribution is 2.13. The van der Waals surface area contributed by atoms with Crippen molar-refractivity contribution in [3.63, 3.8) is 0 Å². The molecule has 0 bridgehead atoms. The minimum atomic E-state index is 0.459. The van der Waals surface area contributed by atoms with Crippen molar-refractivity contribution in [1.82, 2.24) is 15.0 Å². The van der Waals surface area contributed by atoms with Gasteiger partial charge in [-0.1, -0.05) is 48.9 Å². The standard InChI is InChI=1S/C15H19N3O/c1-11(2)8-15-14(10-19)16-17-18(15)9-13-6-4-12(3)5-7-13/h4-7,10-11H,8-9H2,1-3H3. The van der Waals surface area contributed by atoms with Crippen molar-refractivity contribution in [2.24, 2.45) is 5.92 Å². The summed E-state index contributed by atoms with van der Waals surface area (Å²) in [5, 5.41) is 8.04. The molecule has 0 saturated carbocycles. The zero-order valence-corrected chi connectivity index (χ0v) is 11.6. The lowest BCUT2D eigenvalue weighted by atomic mass is 10.1. The van der Waals surface area contributed by atoms with Crippen molar-refractivity contribution < 1.29 is 4.79 Å². The van der Waals surface area contributed by atoms with Crippen LogP contribution in [0.5, 0.6) is 0 Å². The molecule has 0 spiro atoms. The van der Waals surface area contributed by atoms with Crippen molar-refractivity contribution in [2.75, 3.05) is 0 Å². The summed E-state index contributed by atoms with van der Waals surface area (Å²) in [6.07, 6.45) is 1.60. The van der Waals surface area contributed by atoms with E-state index >= 15 is 0 Å². The maximum atomic E-state index is 11.0. The molecule has 0 N–H and O–H groups in total. The first-order valence-electron chi connectivity index (χ1n) is 6.53. The summed E-state index contributed by atoms with van der Waals surface area (Å²) in [5.74, 6) is 0.467. The van der Waals surface area contributed by atoms with Gasteiger partial charge in [0.2, 0.25) is 0 Å². The fourth-order valence-electron chi connectivity index (χ4n) is 2.03. The number of nitrogens with zero attached hydrogens (tertiary/aromatic N) is 3. The third-order valence-corrected chi connectivity index (χ3v) is 3.03. The van der Waals surface area contributed by atoms with Crippen LogP contribution >= 0.6 is 0 Å². The molecule has 100 valence electrons. The molecule has 1 aromatic carbocycles. The molecule has 1 heterocycles. The van der Waals surface area contributed by atoms with E-state index < -0.39 is 0 Å². The van der Waals surface area contributed by atoms with Crippen LogP contribution in [0.1, 0.15) is 41.2 Å². The highest BCUT2D eigenvalue weighted by molar-refractivity contribution is 5.73. The number of hydrogen-bond donors (Lipinski definition) is 0. The van der Waals surface area contributed by atoms with E-state index in [4.69, 9.17) is 0 Å². The van der Waals surface area contributed by atoms with E-state index in [9.17, 15) is 4.79 Å². The summed E-state index contributed by atoms with van der Waals surface area (Å²) in [6.45, 7) is 6.96. The highest BCUT2D eigenvalue weighted by atomic mass is 16.1. The quantitative estimate of drug-likeness (QED) is 0.774. The molecule has 0 amide bonds. The molecule has 2 aromatic rings. The SMILES string of the molecule is Cc1ccc(Cn2nnc(C=O)c2CC(C)C)cc1. The highest BCUT2D eigenvalue weighted by Gasteiger charge is 2.13. The van der Waals surface area contributed by atoms with Crippen molar-refractivity contribution >= 4 is 6.29 Å². The number of aldehydes is 1. The van der Waals surface area contributed by atoms with E-state index in [0.717, 1.165) is 24.0 Å². The average Bonchev–Trinajstić information content (AvgIpc) is 2.74. The normalized spacial score (nSPS) is 10.9. The summed E-state index contributed by atoms with van der Waals surface area (Å²) in [7, 11) is 0. The summed E-state index contributed by atoms with van der Waals surface area (Å²) < 4.78 is 1.83. The Morgan fingerprint density at radius 1 is 1.26 bits per heavy atom. The van der Waals surface area contributed by atoms with Crippen LogP contribution in [0.25, 0.3) is 0 Å². The van der Waals surface area contributed by atoms with Gasteiger partial charge in [0.05, 0.1) is 12.2 Å². The van der Waals surface area contributed by atoms with Gasteiger partial charge < -0.3 is 0 Å². The molecule has 1 aromatic heterocycles. The number of hydrogen-bond acceptors (Lipinski definition) is 3. The lowest BCUT2D eigenvalue weighted by molar-refractivity contribution is 0.111. The Kier molecular flexibility index (Phi) is 4.10. The van der Waals surface area contributed by atoms with E-state index in [1.165, 1.54) is 5.56 Å². The van der Waals surface area contributed by atoms with E-state index in [1.807, 2.05) is 4.68 Å². The average molecular weight is 257 g/mol. The monoisotopic (exact) mass is 257 g/mol. The molecule has 0 saturated heterocycles. The zero-order valence-electron chi connectivity index (χ0n) is 11.6. The van der Waals surface area contributed by atoms with Crippen molar-refractivity contribution in [3.05, 3.63) is 46.8 Å². The molecule has 19 heavy (non-hydrogen) atoms.